The van der Waals surface area contributed by atoms with Gasteiger partial charge in [-0.25, -0.2) is 0 Å². The van der Waals surface area contributed by atoms with Gasteiger partial charge in [0.15, 0.2) is 6.10 Å². The van der Waals surface area contributed by atoms with Gasteiger partial charge >= 0.3 is 11.9 Å². The lowest BCUT2D eigenvalue weighted by atomic mass is 9.85. The van der Waals surface area contributed by atoms with Crippen LogP contribution >= 0.6 is 7.82 Å². The van der Waals surface area contributed by atoms with Crippen LogP contribution in [0.2, 0.25) is 0 Å². The highest BCUT2D eigenvalue weighted by molar-refractivity contribution is 7.45. The predicted molar refractivity (Wildman–Crippen MR) is 184 cm³/mol. The van der Waals surface area contributed by atoms with Gasteiger partial charge in [0.1, 0.15) is 43.2 Å². The lowest BCUT2D eigenvalue weighted by Crippen LogP contribution is -2.64. The van der Waals surface area contributed by atoms with Crippen LogP contribution < -0.4 is 11.0 Å². The second-order valence-electron chi connectivity index (χ2n) is 13.1. The van der Waals surface area contributed by atoms with Crippen molar-refractivity contribution < 1.29 is 63.1 Å². The maximum atomic E-state index is 12.6. The third kappa shape index (κ3) is 21.7. The number of hydrogen-bond donors (Lipinski definition) is 6. The Bertz CT molecular complexity index is 882. The molecule has 0 heterocycles. The standard InChI is InChI=1S/C34H65O13P.H3N/c1-3-5-7-9-11-13-15-17-19-21-23-28(36)46-26(24-44-27(35)22-20-18-16-14-12-10-8-6-4-2)25-45-48(42,43)47-34-32(40)30(38)29(37)31(39)33(34)41;/h26,29-34,37-41H,3-25H2,1-2H3,(H,42,43);1H3/t26-,29?,30-,31?,32?,33?,34?;/m1./s1. The van der Waals surface area contributed by atoms with Gasteiger partial charge in [0.05, 0.1) is 6.61 Å². The molecule has 49 heavy (non-hydrogen) atoms. The quantitative estimate of drug-likeness (QED) is 0.0346. The molecule has 292 valence electrons. The van der Waals surface area contributed by atoms with Crippen LogP contribution in [-0.4, -0.2) is 93.4 Å². The number of aliphatic hydroxyl groups excluding tert-OH is 5. The topological polar surface area (TPSA) is 249 Å². The van der Waals surface area contributed by atoms with E-state index in [4.69, 9.17) is 18.5 Å². The molecule has 0 spiro atoms. The van der Waals surface area contributed by atoms with Crippen molar-refractivity contribution in [3.8, 4) is 0 Å². The van der Waals surface area contributed by atoms with E-state index in [0.29, 0.717) is 12.8 Å². The van der Waals surface area contributed by atoms with Crippen molar-refractivity contribution in [2.45, 2.75) is 191 Å². The average molecular weight is 730 g/mol. The number of hydrogen-bond acceptors (Lipinski definition) is 13. The number of quaternary nitrogens is 1. The van der Waals surface area contributed by atoms with E-state index >= 15 is 0 Å². The van der Waals surface area contributed by atoms with Crippen molar-refractivity contribution in [2.75, 3.05) is 13.2 Å². The summed E-state index contributed by atoms with van der Waals surface area (Å²) in [6.45, 7) is 3.12. The van der Waals surface area contributed by atoms with E-state index in [9.17, 15) is 44.6 Å². The predicted octanol–water partition coefficient (Wildman–Crippen LogP) is 4.74. The van der Waals surface area contributed by atoms with Crippen molar-refractivity contribution in [3.63, 3.8) is 0 Å². The third-order valence-electron chi connectivity index (χ3n) is 8.69. The van der Waals surface area contributed by atoms with Gasteiger partial charge in [0.2, 0.25) is 0 Å². The van der Waals surface area contributed by atoms with E-state index in [1.807, 2.05) is 0 Å². The summed E-state index contributed by atoms with van der Waals surface area (Å²) in [4.78, 5) is 37.5. The molecule has 0 aromatic carbocycles. The van der Waals surface area contributed by atoms with Gasteiger partial charge in [0, 0.05) is 12.8 Å². The first-order valence-corrected chi connectivity index (χ1v) is 19.8. The van der Waals surface area contributed by atoms with Crippen LogP contribution in [0.5, 0.6) is 0 Å². The molecule has 0 aromatic heterocycles. The molecule has 1 rings (SSSR count). The Labute approximate surface area is 293 Å². The van der Waals surface area contributed by atoms with Crippen LogP contribution in [0.1, 0.15) is 149 Å². The van der Waals surface area contributed by atoms with E-state index in [0.717, 1.165) is 44.9 Å². The fourth-order valence-electron chi connectivity index (χ4n) is 5.63. The van der Waals surface area contributed by atoms with E-state index in [-0.39, 0.29) is 19.0 Å². The monoisotopic (exact) mass is 729 g/mol. The number of phosphoric acid groups is 1. The highest BCUT2D eigenvalue weighted by Crippen LogP contribution is 2.43. The van der Waals surface area contributed by atoms with Crippen LogP contribution in [-0.2, 0) is 32.7 Å². The molecule has 0 aromatic rings. The molecule has 8 atom stereocenters. The van der Waals surface area contributed by atoms with Crippen LogP contribution in [0.3, 0.4) is 0 Å². The Hall–Kier alpha value is -1.19. The molecule has 9 N–H and O–H groups in total. The zero-order valence-corrected chi connectivity index (χ0v) is 31.1. The highest BCUT2D eigenvalue weighted by atomic mass is 31.2. The minimum atomic E-state index is -5.34. The summed E-state index contributed by atoms with van der Waals surface area (Å²) in [7, 11) is -5.34. The number of ether oxygens (including phenoxy) is 2. The van der Waals surface area contributed by atoms with Crippen molar-refractivity contribution in [1.29, 1.82) is 0 Å². The van der Waals surface area contributed by atoms with Gasteiger partial charge < -0.3 is 55.1 Å². The van der Waals surface area contributed by atoms with Crippen molar-refractivity contribution >= 4 is 19.8 Å². The Balaban J connectivity index is 0.0000230. The molecule has 0 aliphatic heterocycles. The molecule has 1 fully saturated rings. The number of rotatable bonds is 29. The number of carbonyl (C=O) groups excluding carboxylic acids is 2. The van der Waals surface area contributed by atoms with E-state index < -0.39 is 75.7 Å². The first-order chi connectivity index (χ1) is 22.9. The summed E-state index contributed by atoms with van der Waals surface area (Å²) in [5, 5.41) is 49.7. The molecule has 0 saturated heterocycles. The number of phosphoric ester groups is 1. The summed E-state index contributed by atoms with van der Waals surface area (Å²) < 4.78 is 32.8. The van der Waals surface area contributed by atoms with E-state index in [2.05, 4.69) is 13.8 Å². The van der Waals surface area contributed by atoms with Gasteiger partial charge in [0.25, 0.3) is 7.82 Å². The number of carbonyl (C=O) groups is 2. The number of esters is 2. The third-order valence-corrected chi connectivity index (χ3v) is 9.66. The summed E-state index contributed by atoms with van der Waals surface area (Å²) in [5.74, 6) is -1.14. The zero-order chi connectivity index (χ0) is 35.8. The van der Waals surface area contributed by atoms with Gasteiger partial charge in [-0.15, -0.1) is 0 Å². The molecule has 0 amide bonds. The molecule has 15 heteroatoms. The van der Waals surface area contributed by atoms with Crippen molar-refractivity contribution in [3.05, 3.63) is 0 Å². The lowest BCUT2D eigenvalue weighted by molar-refractivity contribution is -0.261. The minimum absolute atomic E-state index is 0. The minimum Gasteiger partial charge on any atom is -0.756 e. The second kappa shape index (κ2) is 28.4. The SMILES string of the molecule is CCCCCCCCCCCCC(=O)O[C@H](COC(=O)CCCCCCCCCCC)COP(=O)([O-])OC1C(O)C(O)C(O)[C@@H](O)C1O.[NH4+]. The first kappa shape index (κ1) is 47.8. The van der Waals surface area contributed by atoms with Crippen molar-refractivity contribution in [1.82, 2.24) is 6.15 Å². The normalized spacial score (nSPS) is 24.1. The molecule has 1 aliphatic carbocycles. The Morgan fingerprint density at radius 1 is 0.592 bits per heavy atom. The molecule has 0 radical (unpaired) electrons. The molecule has 0 bridgehead atoms. The number of unbranched alkanes of at least 4 members (excludes halogenated alkanes) is 17. The van der Waals surface area contributed by atoms with Crippen LogP contribution in [0.25, 0.3) is 0 Å². The maximum absolute atomic E-state index is 12.6. The van der Waals surface area contributed by atoms with Crippen LogP contribution in [0.15, 0.2) is 0 Å². The Kier molecular flexibility index (Phi) is 27.7. The second-order valence-corrected chi connectivity index (χ2v) is 14.4. The number of aliphatic hydroxyl groups is 5. The first-order valence-electron chi connectivity index (χ1n) is 18.3. The average Bonchev–Trinajstić information content (AvgIpc) is 3.06. The van der Waals surface area contributed by atoms with Gasteiger partial charge in [-0.2, -0.15) is 0 Å². The highest BCUT2D eigenvalue weighted by Gasteiger charge is 2.50. The Morgan fingerprint density at radius 2 is 0.959 bits per heavy atom. The van der Waals surface area contributed by atoms with Gasteiger partial charge in [-0.3, -0.25) is 14.2 Å². The lowest BCUT2D eigenvalue weighted by Gasteiger charge is -2.43. The fraction of sp³-hybridized carbons (Fsp3) is 0.941. The summed E-state index contributed by atoms with van der Waals surface area (Å²) >= 11 is 0. The van der Waals surface area contributed by atoms with Gasteiger partial charge in [-0.05, 0) is 12.8 Å². The van der Waals surface area contributed by atoms with Gasteiger partial charge in [-0.1, -0.05) is 123 Å². The fourth-order valence-corrected chi connectivity index (χ4v) is 6.59. The van der Waals surface area contributed by atoms with Crippen LogP contribution in [0, 0.1) is 0 Å². The summed E-state index contributed by atoms with van der Waals surface area (Å²) in [5.41, 5.74) is 0. The molecule has 1 aliphatic rings. The molecule has 1 saturated carbocycles. The van der Waals surface area contributed by atoms with E-state index in [1.165, 1.54) is 64.2 Å². The largest absolute Gasteiger partial charge is 0.756 e. The van der Waals surface area contributed by atoms with E-state index in [1.54, 1.807) is 0 Å². The zero-order valence-electron chi connectivity index (χ0n) is 30.3. The summed E-state index contributed by atoms with van der Waals surface area (Å²) in [6, 6.07) is 0. The van der Waals surface area contributed by atoms with Crippen molar-refractivity contribution in [2.24, 2.45) is 0 Å². The Morgan fingerprint density at radius 3 is 1.39 bits per heavy atom. The molecule has 14 nitrogen and oxygen atoms in total. The smallest absolute Gasteiger partial charge is 0.306 e. The maximum Gasteiger partial charge on any atom is 0.306 e. The summed E-state index contributed by atoms with van der Waals surface area (Å²) in [6.07, 6.45) is 7.36. The molecular weight excluding hydrogens is 661 g/mol. The van der Waals surface area contributed by atoms with Crippen LogP contribution in [0.4, 0.5) is 0 Å². The molecular formula is C34H68NO13P. The molecule has 6 unspecified atom stereocenters.